The van der Waals surface area contributed by atoms with Gasteiger partial charge in [-0.05, 0) is 12.8 Å². The molecule has 4 fully saturated rings. The van der Waals surface area contributed by atoms with Crippen molar-refractivity contribution in [3.05, 3.63) is 0 Å². The molecule has 3 aliphatic heterocycles. The number of carbonyl (C=O) groups is 3. The van der Waals surface area contributed by atoms with Crippen molar-refractivity contribution in [3.8, 4) is 0 Å². The average Bonchev–Trinajstić information content (AvgIpc) is 3.23. The predicted octanol–water partition coefficient (Wildman–Crippen LogP) is -0.570. The molecule has 8 heteroatoms. The Morgan fingerprint density at radius 1 is 1.12 bits per heavy atom. The van der Waals surface area contributed by atoms with Gasteiger partial charge in [0.05, 0.1) is 12.3 Å². The third-order valence-corrected chi connectivity index (χ3v) is 6.74. The summed E-state index contributed by atoms with van der Waals surface area (Å²) < 4.78 is 0. The number of hydrogen-bond donors (Lipinski definition) is 1. The highest BCUT2D eigenvalue weighted by Crippen LogP contribution is 2.30. The molecule has 0 aromatic rings. The van der Waals surface area contributed by atoms with E-state index in [9.17, 15) is 14.4 Å². The summed E-state index contributed by atoms with van der Waals surface area (Å²) in [6, 6.07) is -0.561. The summed E-state index contributed by atoms with van der Waals surface area (Å²) in [5.74, 6) is 1.79. The molecule has 0 radical (unpaired) electrons. The maximum absolute atomic E-state index is 12.9. The van der Waals surface area contributed by atoms with Crippen LogP contribution in [0.3, 0.4) is 0 Å². The van der Waals surface area contributed by atoms with Crippen molar-refractivity contribution in [2.24, 2.45) is 0 Å². The lowest BCUT2D eigenvalue weighted by atomic mass is 9.94. The van der Waals surface area contributed by atoms with Crippen LogP contribution in [0.5, 0.6) is 0 Å². The normalized spacial score (nSPS) is 31.8. The largest absolute Gasteiger partial charge is 0.333 e. The van der Waals surface area contributed by atoms with E-state index in [1.165, 1.54) is 11.3 Å². The van der Waals surface area contributed by atoms with Crippen molar-refractivity contribution in [1.29, 1.82) is 0 Å². The first-order valence-electron chi connectivity index (χ1n) is 9.00. The number of nitrogens with two attached hydrogens (primary N) is 1. The fourth-order valence-electron chi connectivity index (χ4n) is 4.35. The molecule has 0 unspecified atom stereocenters. The van der Waals surface area contributed by atoms with E-state index in [1.807, 2.05) is 0 Å². The van der Waals surface area contributed by atoms with Gasteiger partial charge in [-0.1, -0.05) is 31.0 Å². The van der Waals surface area contributed by atoms with Crippen LogP contribution < -0.4 is 5.32 Å². The third kappa shape index (κ3) is 2.69. The molecule has 4 amide bonds. The Bertz CT molecular complexity index is 545. The minimum absolute atomic E-state index is 0.0248. The predicted molar refractivity (Wildman–Crippen MR) is 89.2 cm³/mol. The summed E-state index contributed by atoms with van der Waals surface area (Å²) in [7, 11) is 0. The van der Waals surface area contributed by atoms with Crippen molar-refractivity contribution in [2.45, 2.75) is 50.2 Å². The van der Waals surface area contributed by atoms with Gasteiger partial charge in [-0.2, -0.15) is 0 Å². The standard InChI is InChI=1S/C16H24N4O3S/c21-14(12-9-24-10-17-12)18-6-7-19-13(8-18)15(22)20(16(19)23)11-4-2-1-3-5-11/h11-13,17H,1-10H2/p+1/t12-,13+/m0/s1. The van der Waals surface area contributed by atoms with Crippen LogP contribution in [0, 0.1) is 0 Å². The van der Waals surface area contributed by atoms with Gasteiger partial charge in [0.25, 0.3) is 11.8 Å². The fraction of sp³-hybridized carbons (Fsp3) is 0.812. The number of rotatable bonds is 2. The Morgan fingerprint density at radius 2 is 1.92 bits per heavy atom. The minimum Gasteiger partial charge on any atom is -0.333 e. The molecule has 4 aliphatic rings. The van der Waals surface area contributed by atoms with Gasteiger partial charge in [-0.15, -0.1) is 0 Å². The van der Waals surface area contributed by atoms with Crippen LogP contribution >= 0.6 is 11.8 Å². The molecule has 1 aliphatic carbocycles. The van der Waals surface area contributed by atoms with Gasteiger partial charge in [0.2, 0.25) is 0 Å². The number of piperazine rings is 1. The van der Waals surface area contributed by atoms with E-state index in [4.69, 9.17) is 0 Å². The number of quaternary nitrogens is 1. The first kappa shape index (κ1) is 16.2. The van der Waals surface area contributed by atoms with Crippen LogP contribution in [0.2, 0.25) is 0 Å². The lowest BCUT2D eigenvalue weighted by Gasteiger charge is -2.35. The lowest BCUT2D eigenvalue weighted by Crippen LogP contribution is -2.90. The van der Waals surface area contributed by atoms with E-state index in [1.54, 1.807) is 21.6 Å². The molecule has 0 spiro atoms. The van der Waals surface area contributed by atoms with Gasteiger partial charge in [0.1, 0.15) is 11.9 Å². The SMILES string of the molecule is O=C([C@@H]1CSC[NH2+]1)N1CCN2C(=O)N(C3CCCCC3)C(=O)[C@H]2C1. The quantitative estimate of drug-likeness (QED) is 0.675. The van der Waals surface area contributed by atoms with Crippen molar-refractivity contribution in [1.82, 2.24) is 14.7 Å². The van der Waals surface area contributed by atoms with Crippen LogP contribution in [0.4, 0.5) is 4.79 Å². The Kier molecular flexibility index (Phi) is 4.42. The number of urea groups is 1. The first-order valence-corrected chi connectivity index (χ1v) is 10.2. The summed E-state index contributed by atoms with van der Waals surface area (Å²) in [5.41, 5.74) is 0. The smallest absolute Gasteiger partial charge is 0.327 e. The zero-order valence-electron chi connectivity index (χ0n) is 13.9. The number of hydrogen-bond acceptors (Lipinski definition) is 4. The van der Waals surface area contributed by atoms with E-state index in [2.05, 4.69) is 5.32 Å². The zero-order chi connectivity index (χ0) is 16.7. The van der Waals surface area contributed by atoms with Gasteiger partial charge in [0.15, 0.2) is 6.04 Å². The van der Waals surface area contributed by atoms with E-state index in [-0.39, 0.29) is 29.9 Å². The van der Waals surface area contributed by atoms with Crippen molar-refractivity contribution < 1.29 is 19.7 Å². The van der Waals surface area contributed by atoms with Crippen molar-refractivity contribution in [2.75, 3.05) is 31.3 Å². The third-order valence-electron chi connectivity index (χ3n) is 5.72. The zero-order valence-corrected chi connectivity index (χ0v) is 14.7. The van der Waals surface area contributed by atoms with E-state index in [0.29, 0.717) is 19.6 Å². The molecule has 0 bridgehead atoms. The number of nitrogens with zero attached hydrogens (tertiary/aromatic N) is 3. The van der Waals surface area contributed by atoms with Crippen molar-refractivity contribution >= 4 is 29.6 Å². The molecule has 132 valence electrons. The topological polar surface area (TPSA) is 77.5 Å². The Labute approximate surface area is 146 Å². The van der Waals surface area contributed by atoms with Crippen molar-refractivity contribution in [3.63, 3.8) is 0 Å². The molecule has 2 N–H and O–H groups in total. The molecule has 3 saturated heterocycles. The number of imide groups is 1. The lowest BCUT2D eigenvalue weighted by molar-refractivity contribution is -0.649. The molecule has 2 atom stereocenters. The first-order chi connectivity index (χ1) is 11.7. The summed E-state index contributed by atoms with van der Waals surface area (Å²) in [6.45, 7) is 1.38. The molecule has 3 heterocycles. The number of amides is 4. The van der Waals surface area contributed by atoms with Crippen LogP contribution in [0.25, 0.3) is 0 Å². The monoisotopic (exact) mass is 353 g/mol. The molecule has 7 nitrogen and oxygen atoms in total. The summed E-state index contributed by atoms with van der Waals surface area (Å²) in [6.07, 6.45) is 5.22. The Morgan fingerprint density at radius 3 is 2.62 bits per heavy atom. The fourth-order valence-corrected chi connectivity index (χ4v) is 5.38. The second-order valence-corrected chi connectivity index (χ2v) is 8.23. The Hall–Kier alpha value is -1.28. The molecule has 4 rings (SSSR count). The van der Waals surface area contributed by atoms with Gasteiger partial charge in [-0.3, -0.25) is 14.5 Å². The molecular weight excluding hydrogens is 328 g/mol. The van der Waals surface area contributed by atoms with Crippen LogP contribution in [0.1, 0.15) is 32.1 Å². The molecule has 0 aromatic carbocycles. The minimum atomic E-state index is -0.466. The van der Waals surface area contributed by atoms with E-state index < -0.39 is 6.04 Å². The second-order valence-electron chi connectivity index (χ2n) is 7.16. The Balaban J connectivity index is 1.46. The van der Waals surface area contributed by atoms with Gasteiger partial charge < -0.3 is 15.1 Å². The molecule has 1 saturated carbocycles. The number of carbonyl (C=O) groups excluding carboxylic acids is 3. The maximum atomic E-state index is 12.9. The van der Waals surface area contributed by atoms with Crippen LogP contribution in [0.15, 0.2) is 0 Å². The second kappa shape index (κ2) is 6.55. The van der Waals surface area contributed by atoms with Gasteiger partial charge in [-0.25, -0.2) is 4.79 Å². The summed E-state index contributed by atoms with van der Waals surface area (Å²) in [4.78, 5) is 43.2. The molecular formula is C16H25N4O3S+. The highest BCUT2D eigenvalue weighted by molar-refractivity contribution is 7.99. The molecule has 0 aromatic heterocycles. The highest BCUT2D eigenvalue weighted by Gasteiger charge is 2.51. The average molecular weight is 353 g/mol. The highest BCUT2D eigenvalue weighted by atomic mass is 32.2. The summed E-state index contributed by atoms with van der Waals surface area (Å²) in [5, 5.41) is 2.06. The maximum Gasteiger partial charge on any atom is 0.327 e. The van der Waals surface area contributed by atoms with E-state index >= 15 is 0 Å². The summed E-state index contributed by atoms with van der Waals surface area (Å²) >= 11 is 1.77. The van der Waals surface area contributed by atoms with Gasteiger partial charge in [0, 0.05) is 19.1 Å². The van der Waals surface area contributed by atoms with Crippen LogP contribution in [-0.4, -0.2) is 81.9 Å². The van der Waals surface area contributed by atoms with E-state index in [0.717, 1.165) is 37.3 Å². The van der Waals surface area contributed by atoms with Crippen LogP contribution in [-0.2, 0) is 9.59 Å². The number of fused-ring (bicyclic) bond motifs is 1. The number of thioether (sulfide) groups is 1. The van der Waals surface area contributed by atoms with Gasteiger partial charge >= 0.3 is 6.03 Å². The molecule has 24 heavy (non-hydrogen) atoms.